The monoisotopic (exact) mass is 340 g/mol. The number of hydrogen-bond acceptors (Lipinski definition) is 2. The lowest BCUT2D eigenvalue weighted by Gasteiger charge is -2.43. The van der Waals surface area contributed by atoms with Crippen molar-refractivity contribution in [3.05, 3.63) is 65.5 Å². The molecule has 1 aliphatic carbocycles. The molecule has 25 heavy (non-hydrogen) atoms. The Hall–Kier alpha value is -2.36. The van der Waals surface area contributed by atoms with Crippen LogP contribution in [0.3, 0.4) is 0 Å². The van der Waals surface area contributed by atoms with Gasteiger partial charge in [0.25, 0.3) is 0 Å². The van der Waals surface area contributed by atoms with Gasteiger partial charge in [-0.1, -0.05) is 24.3 Å². The summed E-state index contributed by atoms with van der Waals surface area (Å²) >= 11 is 0. The van der Waals surface area contributed by atoms with E-state index in [0.717, 1.165) is 42.5 Å². The van der Waals surface area contributed by atoms with Gasteiger partial charge in [-0.25, -0.2) is 4.39 Å². The van der Waals surface area contributed by atoms with Crippen LogP contribution in [0.25, 0.3) is 0 Å². The van der Waals surface area contributed by atoms with E-state index in [1.165, 1.54) is 12.1 Å². The third kappa shape index (κ3) is 4.01. The van der Waals surface area contributed by atoms with E-state index in [9.17, 15) is 9.18 Å². The van der Waals surface area contributed by atoms with Crippen molar-refractivity contribution in [1.82, 2.24) is 5.32 Å². The van der Waals surface area contributed by atoms with Gasteiger partial charge in [0.15, 0.2) is 0 Å². The van der Waals surface area contributed by atoms with E-state index >= 15 is 0 Å². The number of nitrogens with one attached hydrogen (secondary N) is 1. The molecular formula is C21H25FN2O. The summed E-state index contributed by atoms with van der Waals surface area (Å²) in [4.78, 5) is 14.5. The third-order valence-electron chi connectivity index (χ3n) is 5.08. The fourth-order valence-electron chi connectivity index (χ4n) is 3.33. The summed E-state index contributed by atoms with van der Waals surface area (Å²) in [6.45, 7) is 0. The van der Waals surface area contributed by atoms with Crippen LogP contribution in [0.2, 0.25) is 0 Å². The molecule has 4 heteroatoms. The maximum atomic E-state index is 13.2. The Balaban J connectivity index is 1.58. The number of amides is 1. The van der Waals surface area contributed by atoms with E-state index in [1.807, 2.05) is 14.1 Å². The Labute approximate surface area is 148 Å². The van der Waals surface area contributed by atoms with E-state index in [0.29, 0.717) is 6.42 Å². The molecule has 3 nitrogen and oxygen atoms in total. The Bertz CT molecular complexity index is 719. The highest BCUT2D eigenvalue weighted by Gasteiger charge is 2.39. The minimum absolute atomic E-state index is 0.0562. The first-order valence-electron chi connectivity index (χ1n) is 8.82. The zero-order valence-corrected chi connectivity index (χ0v) is 14.9. The van der Waals surface area contributed by atoms with Crippen molar-refractivity contribution in [2.75, 3.05) is 19.0 Å². The maximum absolute atomic E-state index is 13.2. The Morgan fingerprint density at radius 2 is 1.72 bits per heavy atom. The second-order valence-corrected chi connectivity index (χ2v) is 7.05. The van der Waals surface area contributed by atoms with Gasteiger partial charge in [0.1, 0.15) is 5.82 Å². The number of aryl methyl sites for hydroxylation is 1. The molecule has 0 heterocycles. The molecule has 0 bridgehead atoms. The summed E-state index contributed by atoms with van der Waals surface area (Å²) in [5.41, 5.74) is 3.01. The quantitative estimate of drug-likeness (QED) is 0.861. The van der Waals surface area contributed by atoms with Gasteiger partial charge in [-0.05, 0) is 61.1 Å². The van der Waals surface area contributed by atoms with Gasteiger partial charge in [0.2, 0.25) is 5.91 Å². The van der Waals surface area contributed by atoms with E-state index in [1.54, 1.807) is 12.1 Å². The molecule has 1 aliphatic rings. The first-order chi connectivity index (χ1) is 12.0. The Kier molecular flexibility index (Phi) is 5.07. The number of carbonyl (C=O) groups is 1. The van der Waals surface area contributed by atoms with Gasteiger partial charge >= 0.3 is 0 Å². The van der Waals surface area contributed by atoms with E-state index in [-0.39, 0.29) is 17.3 Å². The molecule has 132 valence electrons. The number of carbonyl (C=O) groups excluding carboxylic acids is 1. The molecule has 0 spiro atoms. The van der Waals surface area contributed by atoms with E-state index in [2.05, 4.69) is 34.5 Å². The summed E-state index contributed by atoms with van der Waals surface area (Å²) in [5.74, 6) is -0.188. The number of hydrogen-bond donors (Lipinski definition) is 1. The highest BCUT2D eigenvalue weighted by Crippen LogP contribution is 2.41. The van der Waals surface area contributed by atoms with Gasteiger partial charge in [-0.2, -0.15) is 0 Å². The van der Waals surface area contributed by atoms with Gasteiger partial charge in [-0.15, -0.1) is 0 Å². The first-order valence-corrected chi connectivity index (χ1v) is 8.82. The molecule has 0 radical (unpaired) electrons. The molecule has 0 aliphatic heterocycles. The van der Waals surface area contributed by atoms with Crippen molar-refractivity contribution < 1.29 is 9.18 Å². The number of benzene rings is 2. The van der Waals surface area contributed by atoms with Crippen LogP contribution in [0, 0.1) is 5.82 Å². The van der Waals surface area contributed by atoms with Crippen molar-refractivity contribution in [1.29, 1.82) is 0 Å². The molecule has 1 N–H and O–H groups in total. The zero-order valence-electron chi connectivity index (χ0n) is 14.9. The molecule has 0 aromatic heterocycles. The lowest BCUT2D eigenvalue weighted by molar-refractivity contribution is -0.124. The summed E-state index contributed by atoms with van der Waals surface area (Å²) in [6, 6.07) is 14.8. The smallest absolute Gasteiger partial charge is 0.221 e. The molecule has 2 aromatic rings. The molecule has 3 rings (SSSR count). The maximum Gasteiger partial charge on any atom is 0.221 e. The van der Waals surface area contributed by atoms with Gasteiger partial charge < -0.3 is 10.2 Å². The SMILES string of the molecule is CN(C)c1ccc(CCC(=O)NC2(c3ccc(F)cc3)CCC2)cc1. The molecule has 1 amide bonds. The standard InChI is InChI=1S/C21H25FN2O/c1-24(2)19-11-4-16(5-12-19)6-13-20(25)23-21(14-3-15-21)17-7-9-18(22)10-8-17/h4-5,7-12H,3,6,13-15H2,1-2H3,(H,23,25). The molecule has 2 aromatic carbocycles. The molecule has 0 unspecified atom stereocenters. The zero-order chi connectivity index (χ0) is 17.9. The summed E-state index contributed by atoms with van der Waals surface area (Å²) in [7, 11) is 4.02. The predicted octanol–water partition coefficient (Wildman–Crippen LogP) is 4.02. The summed E-state index contributed by atoms with van der Waals surface area (Å²) < 4.78 is 13.2. The second-order valence-electron chi connectivity index (χ2n) is 7.05. The van der Waals surface area contributed by atoms with Crippen LogP contribution < -0.4 is 10.2 Å². The topological polar surface area (TPSA) is 32.3 Å². The highest BCUT2D eigenvalue weighted by molar-refractivity contribution is 5.77. The van der Waals surface area contributed by atoms with Crippen molar-refractivity contribution in [2.24, 2.45) is 0 Å². The van der Waals surface area contributed by atoms with Crippen LogP contribution in [0.4, 0.5) is 10.1 Å². The third-order valence-corrected chi connectivity index (χ3v) is 5.08. The van der Waals surface area contributed by atoms with Crippen LogP contribution in [-0.2, 0) is 16.8 Å². The van der Waals surface area contributed by atoms with Crippen LogP contribution in [0.5, 0.6) is 0 Å². The molecule has 0 saturated heterocycles. The molecule has 0 atom stereocenters. The van der Waals surface area contributed by atoms with Crippen molar-refractivity contribution >= 4 is 11.6 Å². The summed E-state index contributed by atoms with van der Waals surface area (Å²) in [5, 5.41) is 3.20. The van der Waals surface area contributed by atoms with E-state index < -0.39 is 0 Å². The fraction of sp³-hybridized carbons (Fsp3) is 0.381. The number of anilines is 1. The normalized spacial score (nSPS) is 15.3. The van der Waals surface area contributed by atoms with E-state index in [4.69, 9.17) is 0 Å². The van der Waals surface area contributed by atoms with Gasteiger partial charge in [0, 0.05) is 26.2 Å². The van der Waals surface area contributed by atoms with Crippen molar-refractivity contribution in [3.8, 4) is 0 Å². The minimum Gasteiger partial charge on any atom is -0.378 e. The lowest BCUT2D eigenvalue weighted by atomic mass is 9.71. The second kappa shape index (κ2) is 7.26. The van der Waals surface area contributed by atoms with Crippen LogP contribution in [-0.4, -0.2) is 20.0 Å². The largest absolute Gasteiger partial charge is 0.378 e. The fourth-order valence-corrected chi connectivity index (χ4v) is 3.33. The van der Waals surface area contributed by atoms with Crippen LogP contribution in [0.15, 0.2) is 48.5 Å². The van der Waals surface area contributed by atoms with Crippen LogP contribution >= 0.6 is 0 Å². The Morgan fingerprint density at radius 1 is 1.08 bits per heavy atom. The highest BCUT2D eigenvalue weighted by atomic mass is 19.1. The van der Waals surface area contributed by atoms with Crippen LogP contribution in [0.1, 0.15) is 36.8 Å². The number of nitrogens with zero attached hydrogens (tertiary/aromatic N) is 1. The van der Waals surface area contributed by atoms with Crippen molar-refractivity contribution in [2.45, 2.75) is 37.6 Å². The average molecular weight is 340 g/mol. The Morgan fingerprint density at radius 3 is 2.24 bits per heavy atom. The number of rotatable bonds is 6. The predicted molar refractivity (Wildman–Crippen MR) is 99.2 cm³/mol. The van der Waals surface area contributed by atoms with Crippen molar-refractivity contribution in [3.63, 3.8) is 0 Å². The minimum atomic E-state index is -0.306. The molecule has 1 fully saturated rings. The summed E-state index contributed by atoms with van der Waals surface area (Å²) in [6.07, 6.45) is 4.11. The lowest BCUT2D eigenvalue weighted by Crippen LogP contribution is -2.50. The molecule has 1 saturated carbocycles. The first kappa shape index (κ1) is 17.5. The van der Waals surface area contributed by atoms with Gasteiger partial charge in [0.05, 0.1) is 5.54 Å². The number of halogens is 1. The van der Waals surface area contributed by atoms with Gasteiger partial charge in [-0.3, -0.25) is 4.79 Å². The molecular weight excluding hydrogens is 315 g/mol. The average Bonchev–Trinajstić information content (AvgIpc) is 2.57.